The van der Waals surface area contributed by atoms with Crippen molar-refractivity contribution in [1.82, 2.24) is 0 Å². The van der Waals surface area contributed by atoms with Crippen molar-refractivity contribution in [3.63, 3.8) is 0 Å². The molecule has 0 saturated carbocycles. The molecule has 3 rings (SSSR count). The number of benzene rings is 1. The zero-order valence-electron chi connectivity index (χ0n) is 13.8. The molecule has 1 unspecified atom stereocenters. The summed E-state index contributed by atoms with van der Waals surface area (Å²) in [6.07, 6.45) is 0.895. The number of carbonyl (C=O) groups is 2. The highest BCUT2D eigenvalue weighted by molar-refractivity contribution is 5.99. The van der Waals surface area contributed by atoms with E-state index in [1.165, 1.54) is 0 Å². The molecule has 1 aromatic carbocycles. The number of nitrogens with one attached hydrogen (secondary N) is 1. The van der Waals surface area contributed by atoms with Crippen LogP contribution in [0.1, 0.15) is 18.4 Å². The molecule has 1 aromatic rings. The highest BCUT2D eigenvalue weighted by Gasteiger charge is 2.38. The highest BCUT2D eigenvalue weighted by atomic mass is 16.5. The molecule has 24 heavy (non-hydrogen) atoms. The predicted molar refractivity (Wildman–Crippen MR) is 90.0 cm³/mol. The van der Waals surface area contributed by atoms with E-state index in [0.717, 1.165) is 11.3 Å². The summed E-state index contributed by atoms with van der Waals surface area (Å²) in [5.41, 5.74) is 7.52. The molecular formula is C17H23N3O4. The van der Waals surface area contributed by atoms with Gasteiger partial charge in [0.1, 0.15) is 5.54 Å². The first-order valence-electron chi connectivity index (χ1n) is 8.16. The van der Waals surface area contributed by atoms with Gasteiger partial charge in [0.25, 0.3) is 0 Å². The summed E-state index contributed by atoms with van der Waals surface area (Å²) in [6, 6.07) is 5.49. The molecule has 7 nitrogen and oxygen atoms in total. The van der Waals surface area contributed by atoms with Gasteiger partial charge in [-0.3, -0.25) is 9.59 Å². The average Bonchev–Trinajstić information content (AvgIpc) is 2.89. The zero-order chi connectivity index (χ0) is 17.2. The Labute approximate surface area is 141 Å². The van der Waals surface area contributed by atoms with E-state index in [1.807, 2.05) is 19.1 Å². The van der Waals surface area contributed by atoms with E-state index in [-0.39, 0.29) is 18.4 Å². The summed E-state index contributed by atoms with van der Waals surface area (Å²) in [5.74, 6) is -0.192. The lowest BCUT2D eigenvalue weighted by Gasteiger charge is -2.24. The number of ether oxygens (including phenoxy) is 2. The SMILES string of the molecule is Cc1cc(NC(=O)C2(N)CCOC2)ccc1N1CCOCCC1=O. The van der Waals surface area contributed by atoms with Gasteiger partial charge in [-0.2, -0.15) is 0 Å². The normalized spacial score (nSPS) is 24.8. The Kier molecular flexibility index (Phi) is 4.84. The van der Waals surface area contributed by atoms with E-state index in [2.05, 4.69) is 5.32 Å². The molecule has 2 fully saturated rings. The molecule has 0 spiro atoms. The molecule has 1 atom stereocenters. The fourth-order valence-corrected chi connectivity index (χ4v) is 2.98. The fourth-order valence-electron chi connectivity index (χ4n) is 2.98. The van der Waals surface area contributed by atoms with Gasteiger partial charge in [-0.15, -0.1) is 0 Å². The Morgan fingerprint density at radius 2 is 2.12 bits per heavy atom. The van der Waals surface area contributed by atoms with Crippen LogP contribution in [0.15, 0.2) is 18.2 Å². The summed E-state index contributed by atoms with van der Waals surface area (Å²) in [7, 11) is 0. The second-order valence-corrected chi connectivity index (χ2v) is 6.32. The molecule has 2 aliphatic heterocycles. The summed E-state index contributed by atoms with van der Waals surface area (Å²) >= 11 is 0. The van der Waals surface area contributed by atoms with Gasteiger partial charge >= 0.3 is 0 Å². The van der Waals surface area contributed by atoms with Gasteiger partial charge in [-0.05, 0) is 37.1 Å². The quantitative estimate of drug-likeness (QED) is 0.853. The van der Waals surface area contributed by atoms with Crippen molar-refractivity contribution in [2.75, 3.05) is 43.2 Å². The minimum atomic E-state index is -0.968. The Morgan fingerprint density at radius 3 is 2.83 bits per heavy atom. The van der Waals surface area contributed by atoms with Crippen molar-refractivity contribution < 1.29 is 19.1 Å². The number of hydrogen-bond acceptors (Lipinski definition) is 5. The van der Waals surface area contributed by atoms with Crippen LogP contribution < -0.4 is 16.0 Å². The van der Waals surface area contributed by atoms with Gasteiger partial charge < -0.3 is 25.4 Å². The molecule has 0 aromatic heterocycles. The number of carbonyl (C=O) groups excluding carboxylic acids is 2. The molecule has 3 N–H and O–H groups in total. The highest BCUT2D eigenvalue weighted by Crippen LogP contribution is 2.26. The van der Waals surface area contributed by atoms with Crippen LogP contribution in [-0.4, -0.2) is 50.3 Å². The third-order valence-electron chi connectivity index (χ3n) is 4.47. The van der Waals surface area contributed by atoms with Crippen LogP contribution in [0.5, 0.6) is 0 Å². The van der Waals surface area contributed by atoms with E-state index in [4.69, 9.17) is 15.2 Å². The van der Waals surface area contributed by atoms with Crippen LogP contribution in [0.3, 0.4) is 0 Å². The molecule has 0 bridgehead atoms. The molecular weight excluding hydrogens is 310 g/mol. The van der Waals surface area contributed by atoms with Gasteiger partial charge in [0.2, 0.25) is 11.8 Å². The second kappa shape index (κ2) is 6.88. The Balaban J connectivity index is 1.74. The van der Waals surface area contributed by atoms with E-state index < -0.39 is 5.54 Å². The number of anilines is 2. The lowest BCUT2D eigenvalue weighted by molar-refractivity contribution is -0.121. The van der Waals surface area contributed by atoms with E-state index in [0.29, 0.717) is 44.9 Å². The van der Waals surface area contributed by atoms with Crippen LogP contribution in [0.2, 0.25) is 0 Å². The molecule has 2 heterocycles. The molecule has 2 amide bonds. The molecule has 0 aliphatic carbocycles. The summed E-state index contributed by atoms with van der Waals surface area (Å²) in [4.78, 5) is 26.3. The smallest absolute Gasteiger partial charge is 0.246 e. The van der Waals surface area contributed by atoms with Crippen LogP contribution in [0.4, 0.5) is 11.4 Å². The van der Waals surface area contributed by atoms with E-state index in [9.17, 15) is 9.59 Å². The minimum Gasteiger partial charge on any atom is -0.379 e. The number of nitrogens with zero attached hydrogens (tertiary/aromatic N) is 1. The number of aryl methyl sites for hydroxylation is 1. The number of hydrogen-bond donors (Lipinski definition) is 2. The first-order valence-corrected chi connectivity index (χ1v) is 8.16. The van der Waals surface area contributed by atoms with E-state index >= 15 is 0 Å². The van der Waals surface area contributed by atoms with Crippen LogP contribution in [-0.2, 0) is 19.1 Å². The largest absolute Gasteiger partial charge is 0.379 e. The van der Waals surface area contributed by atoms with Crippen LogP contribution in [0.25, 0.3) is 0 Å². The van der Waals surface area contributed by atoms with Crippen molar-refractivity contribution in [2.24, 2.45) is 5.73 Å². The van der Waals surface area contributed by atoms with Gasteiger partial charge in [0.05, 0.1) is 26.2 Å². The lowest BCUT2D eigenvalue weighted by Crippen LogP contribution is -2.51. The van der Waals surface area contributed by atoms with Crippen molar-refractivity contribution in [2.45, 2.75) is 25.3 Å². The average molecular weight is 333 g/mol. The third kappa shape index (κ3) is 3.43. The van der Waals surface area contributed by atoms with Crippen molar-refractivity contribution in [1.29, 1.82) is 0 Å². The van der Waals surface area contributed by atoms with Crippen LogP contribution >= 0.6 is 0 Å². The standard InChI is InChI=1S/C17H23N3O4/c1-12-10-13(19-16(22)17(18)5-8-24-11-17)2-3-14(12)20-6-9-23-7-4-15(20)21/h2-3,10H,4-9,11,18H2,1H3,(H,19,22). The monoisotopic (exact) mass is 333 g/mol. The maximum atomic E-state index is 12.3. The van der Waals surface area contributed by atoms with E-state index in [1.54, 1.807) is 11.0 Å². The number of amides is 2. The van der Waals surface area contributed by atoms with Gasteiger partial charge in [0, 0.05) is 24.5 Å². The summed E-state index contributed by atoms with van der Waals surface area (Å²) in [5, 5.41) is 2.85. The summed E-state index contributed by atoms with van der Waals surface area (Å²) in [6.45, 7) is 4.18. The first kappa shape index (κ1) is 16.9. The maximum absolute atomic E-state index is 12.3. The fraction of sp³-hybridized carbons (Fsp3) is 0.529. The van der Waals surface area contributed by atoms with Crippen molar-refractivity contribution >= 4 is 23.2 Å². The molecule has 0 radical (unpaired) electrons. The Hall–Kier alpha value is -1.96. The first-order chi connectivity index (χ1) is 11.5. The zero-order valence-corrected chi connectivity index (χ0v) is 13.8. The number of rotatable bonds is 3. The predicted octanol–water partition coefficient (Wildman–Crippen LogP) is 0.805. The maximum Gasteiger partial charge on any atom is 0.246 e. The van der Waals surface area contributed by atoms with Crippen LogP contribution in [0, 0.1) is 6.92 Å². The number of nitrogens with two attached hydrogens (primary N) is 1. The van der Waals surface area contributed by atoms with Crippen molar-refractivity contribution in [3.8, 4) is 0 Å². The molecule has 2 aliphatic rings. The summed E-state index contributed by atoms with van der Waals surface area (Å²) < 4.78 is 10.6. The Bertz CT molecular complexity index is 641. The molecule has 130 valence electrons. The minimum absolute atomic E-state index is 0.0522. The third-order valence-corrected chi connectivity index (χ3v) is 4.47. The molecule has 2 saturated heterocycles. The second-order valence-electron chi connectivity index (χ2n) is 6.32. The van der Waals surface area contributed by atoms with Crippen molar-refractivity contribution in [3.05, 3.63) is 23.8 Å². The molecule has 7 heteroatoms. The van der Waals surface area contributed by atoms with Gasteiger partial charge in [-0.1, -0.05) is 0 Å². The Morgan fingerprint density at radius 1 is 1.29 bits per heavy atom. The van der Waals surface area contributed by atoms with Gasteiger partial charge in [0.15, 0.2) is 0 Å². The lowest BCUT2D eigenvalue weighted by atomic mass is 9.99. The van der Waals surface area contributed by atoms with Gasteiger partial charge in [-0.25, -0.2) is 0 Å². The topological polar surface area (TPSA) is 93.9 Å².